The number of nitrogens with one attached hydrogen (secondary N) is 3. The summed E-state index contributed by atoms with van der Waals surface area (Å²) in [5.41, 5.74) is 1.05. The van der Waals surface area contributed by atoms with E-state index in [4.69, 9.17) is 11.6 Å². The number of quaternary nitrogens is 1. The van der Waals surface area contributed by atoms with Crippen molar-refractivity contribution in [2.75, 3.05) is 20.1 Å². The molecule has 0 spiro atoms. The predicted octanol–water partition coefficient (Wildman–Crippen LogP) is 0.837. The van der Waals surface area contributed by atoms with Crippen molar-refractivity contribution < 1.29 is 14.5 Å². The molecular weight excluding hydrogens is 290 g/mol. The minimum Gasteiger partial charge on any atom is -0.338 e. The van der Waals surface area contributed by atoms with E-state index in [-0.39, 0.29) is 12.5 Å². The smallest absolute Gasteiger partial charge is 0.321 e. The molecule has 3 N–H and O–H groups in total. The largest absolute Gasteiger partial charge is 0.338 e. The molecule has 21 heavy (non-hydrogen) atoms. The number of urea groups is 1. The molecule has 0 aliphatic rings. The third kappa shape index (κ3) is 7.68. The van der Waals surface area contributed by atoms with Crippen molar-refractivity contribution in [1.82, 2.24) is 10.6 Å². The van der Waals surface area contributed by atoms with Gasteiger partial charge in [-0.3, -0.25) is 10.1 Å². The Balaban J connectivity index is 2.35. The highest BCUT2D eigenvalue weighted by atomic mass is 35.5. The zero-order valence-corrected chi connectivity index (χ0v) is 13.5. The van der Waals surface area contributed by atoms with Gasteiger partial charge in [-0.25, -0.2) is 4.79 Å². The standard InChI is InChI=1S/C15H22ClN3O2/c1-11(2)8-17-15(21)18-14(20)10-19(3)9-12-5-4-6-13(16)7-12/h4-7,11H,8-10H2,1-3H3,(H2,17,18,20,21)/p+1. The van der Waals surface area contributed by atoms with Crippen LogP contribution in [0.25, 0.3) is 0 Å². The van der Waals surface area contributed by atoms with Gasteiger partial charge in [-0.2, -0.15) is 0 Å². The van der Waals surface area contributed by atoms with Crippen LogP contribution in [0.15, 0.2) is 24.3 Å². The van der Waals surface area contributed by atoms with Gasteiger partial charge in [0.1, 0.15) is 6.54 Å². The van der Waals surface area contributed by atoms with Crippen LogP contribution in [-0.2, 0) is 11.3 Å². The number of hydrogen-bond donors (Lipinski definition) is 3. The zero-order valence-electron chi connectivity index (χ0n) is 12.7. The molecular formula is C15H23ClN3O2+. The molecule has 116 valence electrons. The number of carbonyl (C=O) groups is 2. The lowest BCUT2D eigenvalue weighted by molar-refractivity contribution is -0.885. The maximum atomic E-state index is 11.7. The first-order chi connectivity index (χ1) is 9.86. The number of rotatable bonds is 6. The Labute approximate surface area is 130 Å². The highest BCUT2D eigenvalue weighted by Crippen LogP contribution is 2.09. The van der Waals surface area contributed by atoms with Crippen LogP contribution in [0.4, 0.5) is 4.79 Å². The van der Waals surface area contributed by atoms with Gasteiger partial charge in [-0.05, 0) is 18.1 Å². The fourth-order valence-corrected chi connectivity index (χ4v) is 2.06. The molecule has 0 aromatic heterocycles. The summed E-state index contributed by atoms with van der Waals surface area (Å²) in [6.45, 7) is 5.42. The lowest BCUT2D eigenvalue weighted by Gasteiger charge is -2.14. The molecule has 1 aromatic carbocycles. The molecule has 1 rings (SSSR count). The van der Waals surface area contributed by atoms with Crippen molar-refractivity contribution >= 4 is 23.5 Å². The van der Waals surface area contributed by atoms with E-state index in [2.05, 4.69) is 10.6 Å². The van der Waals surface area contributed by atoms with Crippen LogP contribution < -0.4 is 15.5 Å². The summed E-state index contributed by atoms with van der Waals surface area (Å²) in [7, 11) is 1.90. The summed E-state index contributed by atoms with van der Waals surface area (Å²) in [5, 5.41) is 5.65. The highest BCUT2D eigenvalue weighted by molar-refractivity contribution is 6.30. The zero-order chi connectivity index (χ0) is 15.8. The number of benzene rings is 1. The second kappa shape index (κ2) is 8.64. The van der Waals surface area contributed by atoms with Crippen LogP contribution in [0.1, 0.15) is 19.4 Å². The average molecular weight is 313 g/mol. The Bertz CT molecular complexity index is 492. The second-order valence-electron chi connectivity index (χ2n) is 5.59. The number of imide groups is 1. The molecule has 1 unspecified atom stereocenters. The van der Waals surface area contributed by atoms with E-state index in [0.29, 0.717) is 24.0 Å². The van der Waals surface area contributed by atoms with Crippen molar-refractivity contribution in [3.8, 4) is 0 Å². The lowest BCUT2D eigenvalue weighted by Crippen LogP contribution is -3.09. The van der Waals surface area contributed by atoms with Crippen LogP contribution in [0, 0.1) is 5.92 Å². The van der Waals surface area contributed by atoms with Gasteiger partial charge >= 0.3 is 6.03 Å². The van der Waals surface area contributed by atoms with E-state index in [1.807, 2.05) is 45.2 Å². The van der Waals surface area contributed by atoms with Crippen molar-refractivity contribution in [1.29, 1.82) is 0 Å². The first kappa shape index (κ1) is 17.5. The first-order valence-corrected chi connectivity index (χ1v) is 7.38. The number of likely N-dealkylation sites (N-methyl/N-ethyl adjacent to an activating group) is 1. The van der Waals surface area contributed by atoms with Crippen LogP contribution in [0.2, 0.25) is 5.02 Å². The second-order valence-corrected chi connectivity index (χ2v) is 6.03. The van der Waals surface area contributed by atoms with Gasteiger partial charge in [-0.15, -0.1) is 0 Å². The van der Waals surface area contributed by atoms with E-state index >= 15 is 0 Å². The van der Waals surface area contributed by atoms with Gasteiger partial charge in [0.25, 0.3) is 5.91 Å². The fraction of sp³-hybridized carbons (Fsp3) is 0.467. The Morgan fingerprint density at radius 2 is 2.05 bits per heavy atom. The predicted molar refractivity (Wildman–Crippen MR) is 83.3 cm³/mol. The van der Waals surface area contributed by atoms with Crippen molar-refractivity contribution in [2.24, 2.45) is 5.92 Å². The van der Waals surface area contributed by atoms with Crippen molar-refractivity contribution in [2.45, 2.75) is 20.4 Å². The normalized spacial score (nSPS) is 12.0. The minimum absolute atomic E-state index is 0.224. The molecule has 0 fully saturated rings. The third-order valence-electron chi connectivity index (χ3n) is 2.78. The number of carbonyl (C=O) groups excluding carboxylic acids is 2. The van der Waals surface area contributed by atoms with Gasteiger partial charge < -0.3 is 10.2 Å². The number of halogens is 1. The SMILES string of the molecule is CC(C)CNC(=O)NC(=O)C[NH+](C)Cc1cccc(Cl)c1. The molecule has 1 atom stereocenters. The highest BCUT2D eigenvalue weighted by Gasteiger charge is 2.13. The quantitative estimate of drug-likeness (QED) is 0.729. The monoisotopic (exact) mass is 312 g/mol. The molecule has 0 saturated heterocycles. The molecule has 0 bridgehead atoms. The van der Waals surface area contributed by atoms with Gasteiger partial charge in [0.05, 0.1) is 7.05 Å². The Morgan fingerprint density at radius 1 is 1.33 bits per heavy atom. The van der Waals surface area contributed by atoms with Gasteiger partial charge in [-0.1, -0.05) is 37.6 Å². The molecule has 0 aliphatic carbocycles. The number of hydrogen-bond acceptors (Lipinski definition) is 2. The van der Waals surface area contributed by atoms with Crippen LogP contribution in [0.5, 0.6) is 0 Å². The molecule has 6 heteroatoms. The fourth-order valence-electron chi connectivity index (χ4n) is 1.84. The molecule has 0 saturated carbocycles. The first-order valence-electron chi connectivity index (χ1n) is 7.00. The minimum atomic E-state index is -0.441. The van der Waals surface area contributed by atoms with E-state index in [9.17, 15) is 9.59 Å². The van der Waals surface area contributed by atoms with E-state index in [1.165, 1.54) is 0 Å². The summed E-state index contributed by atoms with van der Waals surface area (Å²) in [4.78, 5) is 24.2. The van der Waals surface area contributed by atoms with Crippen LogP contribution in [-0.4, -0.2) is 32.1 Å². The van der Waals surface area contributed by atoms with Gasteiger partial charge in [0.2, 0.25) is 0 Å². The molecule has 0 aliphatic heterocycles. The number of amides is 3. The maximum Gasteiger partial charge on any atom is 0.321 e. The summed E-state index contributed by atoms with van der Waals surface area (Å²) in [6.07, 6.45) is 0. The van der Waals surface area contributed by atoms with Gasteiger partial charge in [0, 0.05) is 17.1 Å². The van der Waals surface area contributed by atoms with Gasteiger partial charge in [0.15, 0.2) is 6.54 Å². The van der Waals surface area contributed by atoms with E-state index in [1.54, 1.807) is 0 Å². The topological polar surface area (TPSA) is 62.6 Å². The Morgan fingerprint density at radius 3 is 2.67 bits per heavy atom. The molecule has 0 radical (unpaired) electrons. The van der Waals surface area contributed by atoms with Crippen LogP contribution >= 0.6 is 11.6 Å². The maximum absolute atomic E-state index is 11.7. The Hall–Kier alpha value is -1.59. The Kier molecular flexibility index (Phi) is 7.19. The lowest BCUT2D eigenvalue weighted by atomic mass is 10.2. The van der Waals surface area contributed by atoms with E-state index < -0.39 is 6.03 Å². The van der Waals surface area contributed by atoms with Crippen molar-refractivity contribution in [3.05, 3.63) is 34.9 Å². The molecule has 1 aromatic rings. The summed E-state index contributed by atoms with van der Waals surface area (Å²) in [5.74, 6) is 0.0535. The molecule has 5 nitrogen and oxygen atoms in total. The van der Waals surface area contributed by atoms with E-state index in [0.717, 1.165) is 10.5 Å². The molecule has 0 heterocycles. The van der Waals surface area contributed by atoms with Crippen molar-refractivity contribution in [3.63, 3.8) is 0 Å². The third-order valence-corrected chi connectivity index (χ3v) is 3.02. The summed E-state index contributed by atoms with van der Waals surface area (Å²) in [6, 6.07) is 7.08. The van der Waals surface area contributed by atoms with Crippen LogP contribution in [0.3, 0.4) is 0 Å². The average Bonchev–Trinajstić information content (AvgIpc) is 2.35. The molecule has 3 amide bonds. The summed E-state index contributed by atoms with van der Waals surface area (Å²) < 4.78 is 0. The summed E-state index contributed by atoms with van der Waals surface area (Å²) >= 11 is 5.92.